The normalized spacial score (nSPS) is 16.6. The zero-order valence-electron chi connectivity index (χ0n) is 14.3. The second-order valence-electron chi connectivity index (χ2n) is 6.46. The van der Waals surface area contributed by atoms with Crippen molar-refractivity contribution < 1.29 is 14.1 Å². The van der Waals surface area contributed by atoms with E-state index in [-0.39, 0.29) is 23.8 Å². The number of aromatic amines is 1. The fraction of sp³-hybridized carbons (Fsp3) is 0.529. The highest BCUT2D eigenvalue weighted by Crippen LogP contribution is 2.30. The number of hydrogen-bond acceptors (Lipinski definition) is 6. The van der Waals surface area contributed by atoms with E-state index in [0.29, 0.717) is 36.2 Å². The molecule has 1 aliphatic heterocycles. The van der Waals surface area contributed by atoms with Crippen molar-refractivity contribution in [1.29, 1.82) is 5.26 Å². The van der Waals surface area contributed by atoms with Crippen molar-refractivity contribution in [3.63, 3.8) is 0 Å². The van der Waals surface area contributed by atoms with Crippen molar-refractivity contribution in [2.45, 2.75) is 38.6 Å². The number of nitriles is 1. The van der Waals surface area contributed by atoms with Crippen molar-refractivity contribution >= 4 is 5.91 Å². The number of aromatic nitrogens is 3. The summed E-state index contributed by atoms with van der Waals surface area (Å²) in [4.78, 5) is 19.8. The van der Waals surface area contributed by atoms with E-state index in [4.69, 9.17) is 14.5 Å². The molecule has 1 aliphatic rings. The molecule has 0 bridgehead atoms. The first-order valence-electron chi connectivity index (χ1n) is 8.39. The van der Waals surface area contributed by atoms with Gasteiger partial charge in [-0.25, -0.2) is 0 Å². The summed E-state index contributed by atoms with van der Waals surface area (Å²) in [5.74, 6) is 1.03. The number of nitrogens with zero attached hydrogens (tertiary/aromatic N) is 3. The van der Waals surface area contributed by atoms with Gasteiger partial charge in [0.05, 0.1) is 5.56 Å². The van der Waals surface area contributed by atoms with Gasteiger partial charge in [0, 0.05) is 25.3 Å². The highest BCUT2D eigenvalue weighted by Gasteiger charge is 2.32. The molecular weight excluding hydrogens is 322 g/mol. The molecule has 8 nitrogen and oxygen atoms in total. The average Bonchev–Trinajstić information content (AvgIpc) is 3.29. The van der Waals surface area contributed by atoms with Crippen LogP contribution in [-0.4, -0.2) is 34.2 Å². The van der Waals surface area contributed by atoms with Gasteiger partial charge in [0.1, 0.15) is 17.8 Å². The molecule has 0 aromatic carbocycles. The summed E-state index contributed by atoms with van der Waals surface area (Å²) in [7, 11) is 0. The molecule has 3 rings (SSSR count). The number of rotatable bonds is 5. The fourth-order valence-corrected chi connectivity index (χ4v) is 2.85. The Morgan fingerprint density at radius 1 is 1.44 bits per heavy atom. The Morgan fingerprint density at radius 2 is 2.20 bits per heavy atom. The number of H-pyrrole nitrogens is 1. The van der Waals surface area contributed by atoms with Crippen LogP contribution >= 0.6 is 0 Å². The first-order valence-corrected chi connectivity index (χ1v) is 8.39. The van der Waals surface area contributed by atoms with Gasteiger partial charge in [0.25, 0.3) is 5.91 Å². The van der Waals surface area contributed by atoms with Crippen LogP contribution in [0.4, 0.5) is 0 Å². The lowest BCUT2D eigenvalue weighted by atomic mass is 9.91. The summed E-state index contributed by atoms with van der Waals surface area (Å²) in [6, 6.07) is 3.13. The molecule has 1 atom stereocenters. The minimum Gasteiger partial charge on any atom is -0.381 e. The third-order valence-electron chi connectivity index (χ3n) is 4.32. The lowest BCUT2D eigenvalue weighted by molar-refractivity contribution is 0.0467. The van der Waals surface area contributed by atoms with Gasteiger partial charge in [0.2, 0.25) is 5.89 Å². The SMILES string of the molecule is CC(C)c1noc([C@@H](NC(=O)c2cc(C#N)c[nH]2)C2CCOCC2)n1. The quantitative estimate of drug-likeness (QED) is 0.860. The van der Waals surface area contributed by atoms with Crippen molar-refractivity contribution in [2.75, 3.05) is 13.2 Å². The van der Waals surface area contributed by atoms with Gasteiger partial charge in [-0.05, 0) is 24.8 Å². The molecule has 0 aliphatic carbocycles. The summed E-state index contributed by atoms with van der Waals surface area (Å²) in [5, 5.41) is 15.9. The maximum Gasteiger partial charge on any atom is 0.268 e. The molecular formula is C17H21N5O3. The third-order valence-corrected chi connectivity index (χ3v) is 4.32. The third kappa shape index (κ3) is 3.88. The average molecular weight is 343 g/mol. The predicted octanol–water partition coefficient (Wildman–Crippen LogP) is 2.29. The predicted molar refractivity (Wildman–Crippen MR) is 87.6 cm³/mol. The summed E-state index contributed by atoms with van der Waals surface area (Å²) in [6.45, 7) is 5.25. The molecule has 3 heterocycles. The molecule has 1 fully saturated rings. The number of amides is 1. The van der Waals surface area contributed by atoms with Gasteiger partial charge in [-0.1, -0.05) is 19.0 Å². The van der Waals surface area contributed by atoms with Crippen molar-refractivity contribution in [3.8, 4) is 6.07 Å². The first-order chi connectivity index (χ1) is 12.1. The summed E-state index contributed by atoms with van der Waals surface area (Å²) in [5.41, 5.74) is 0.741. The van der Waals surface area contributed by atoms with Crippen molar-refractivity contribution in [3.05, 3.63) is 35.2 Å². The van der Waals surface area contributed by atoms with Crippen LogP contribution in [0.2, 0.25) is 0 Å². The topological polar surface area (TPSA) is 117 Å². The van der Waals surface area contributed by atoms with Crippen LogP contribution in [0.3, 0.4) is 0 Å². The van der Waals surface area contributed by atoms with E-state index >= 15 is 0 Å². The zero-order valence-corrected chi connectivity index (χ0v) is 14.3. The maximum absolute atomic E-state index is 12.6. The fourth-order valence-electron chi connectivity index (χ4n) is 2.85. The van der Waals surface area contributed by atoms with Crippen LogP contribution in [-0.2, 0) is 4.74 Å². The second-order valence-corrected chi connectivity index (χ2v) is 6.46. The number of carbonyl (C=O) groups is 1. The zero-order chi connectivity index (χ0) is 17.8. The Hall–Kier alpha value is -2.66. The molecule has 1 amide bonds. The van der Waals surface area contributed by atoms with Crippen molar-refractivity contribution in [1.82, 2.24) is 20.4 Å². The lowest BCUT2D eigenvalue weighted by Crippen LogP contribution is -2.36. The van der Waals surface area contributed by atoms with E-state index < -0.39 is 0 Å². The minimum atomic E-state index is -0.384. The van der Waals surface area contributed by atoms with E-state index in [0.717, 1.165) is 12.8 Å². The molecule has 0 saturated carbocycles. The van der Waals surface area contributed by atoms with Crippen LogP contribution in [0.25, 0.3) is 0 Å². The Kier molecular flexibility index (Phi) is 5.14. The molecule has 2 aromatic rings. The van der Waals surface area contributed by atoms with Crippen LogP contribution in [0.5, 0.6) is 0 Å². The van der Waals surface area contributed by atoms with Gasteiger partial charge in [-0.2, -0.15) is 10.2 Å². The summed E-state index contributed by atoms with van der Waals surface area (Å²) >= 11 is 0. The molecule has 25 heavy (non-hydrogen) atoms. The van der Waals surface area contributed by atoms with Crippen LogP contribution in [0, 0.1) is 17.2 Å². The number of ether oxygens (including phenoxy) is 1. The Balaban J connectivity index is 1.82. The molecule has 0 unspecified atom stereocenters. The van der Waals surface area contributed by atoms with Crippen LogP contribution in [0.1, 0.15) is 66.4 Å². The largest absolute Gasteiger partial charge is 0.381 e. The summed E-state index contributed by atoms with van der Waals surface area (Å²) in [6.07, 6.45) is 3.11. The number of nitrogens with one attached hydrogen (secondary N) is 2. The van der Waals surface area contributed by atoms with E-state index in [1.807, 2.05) is 19.9 Å². The van der Waals surface area contributed by atoms with Gasteiger partial charge < -0.3 is 19.6 Å². The van der Waals surface area contributed by atoms with Gasteiger partial charge >= 0.3 is 0 Å². The highest BCUT2D eigenvalue weighted by atomic mass is 16.5. The first kappa shape index (κ1) is 17.2. The lowest BCUT2D eigenvalue weighted by Gasteiger charge is -2.28. The Bertz CT molecular complexity index is 767. The molecule has 132 valence electrons. The monoisotopic (exact) mass is 343 g/mol. The maximum atomic E-state index is 12.6. The standard InChI is InChI=1S/C17H21N5O3/c1-10(2)15-21-17(25-22-15)14(12-3-5-24-6-4-12)20-16(23)13-7-11(8-18)9-19-13/h7,9-10,12,14,19H,3-6H2,1-2H3,(H,20,23)/t14-/m0/s1. The number of carbonyl (C=O) groups excluding carboxylic acids is 1. The highest BCUT2D eigenvalue weighted by molar-refractivity contribution is 5.93. The van der Waals surface area contributed by atoms with Crippen LogP contribution in [0.15, 0.2) is 16.8 Å². The van der Waals surface area contributed by atoms with E-state index in [1.165, 1.54) is 12.3 Å². The summed E-state index contributed by atoms with van der Waals surface area (Å²) < 4.78 is 10.8. The molecule has 2 aromatic heterocycles. The molecule has 1 saturated heterocycles. The van der Waals surface area contributed by atoms with E-state index in [2.05, 4.69) is 20.4 Å². The Morgan fingerprint density at radius 3 is 2.80 bits per heavy atom. The van der Waals surface area contributed by atoms with E-state index in [9.17, 15) is 4.79 Å². The number of hydrogen-bond donors (Lipinski definition) is 2. The van der Waals surface area contributed by atoms with E-state index in [1.54, 1.807) is 0 Å². The van der Waals surface area contributed by atoms with Crippen molar-refractivity contribution in [2.24, 2.45) is 5.92 Å². The molecule has 0 spiro atoms. The minimum absolute atomic E-state index is 0.144. The smallest absolute Gasteiger partial charge is 0.268 e. The molecule has 0 radical (unpaired) electrons. The Labute approximate surface area is 145 Å². The van der Waals surface area contributed by atoms with Gasteiger partial charge in [-0.15, -0.1) is 0 Å². The van der Waals surface area contributed by atoms with Gasteiger partial charge in [0.15, 0.2) is 5.82 Å². The molecule has 8 heteroatoms. The van der Waals surface area contributed by atoms with Gasteiger partial charge in [-0.3, -0.25) is 4.79 Å². The second kappa shape index (κ2) is 7.49. The molecule has 2 N–H and O–H groups in total. The van der Waals surface area contributed by atoms with Crippen LogP contribution < -0.4 is 5.32 Å².